The van der Waals surface area contributed by atoms with E-state index in [1.807, 2.05) is 0 Å². The molecular formula is C18H13ClFNO4. The van der Waals surface area contributed by atoms with Crippen molar-refractivity contribution in [3.8, 4) is 11.5 Å². The predicted octanol–water partition coefficient (Wildman–Crippen LogP) is 3.37. The van der Waals surface area contributed by atoms with Gasteiger partial charge in [-0.3, -0.25) is 9.59 Å². The van der Waals surface area contributed by atoms with Crippen LogP contribution in [-0.4, -0.2) is 26.0 Å². The van der Waals surface area contributed by atoms with Gasteiger partial charge < -0.3 is 9.47 Å². The normalized spacial score (nSPS) is 14.3. The van der Waals surface area contributed by atoms with Crippen molar-refractivity contribution in [3.63, 3.8) is 0 Å². The molecule has 1 heterocycles. The fraction of sp³-hybridized carbons (Fsp3) is 0.111. The summed E-state index contributed by atoms with van der Waals surface area (Å²) in [5, 5.41) is -0.227. The van der Waals surface area contributed by atoms with Crippen LogP contribution in [0.25, 0.3) is 5.57 Å². The highest BCUT2D eigenvalue weighted by atomic mass is 35.5. The quantitative estimate of drug-likeness (QED) is 0.783. The Kier molecular flexibility index (Phi) is 4.46. The van der Waals surface area contributed by atoms with E-state index in [0.29, 0.717) is 11.3 Å². The Balaban J connectivity index is 2.06. The lowest BCUT2D eigenvalue weighted by Crippen LogP contribution is -2.31. The number of imide groups is 1. The number of methoxy groups -OCH3 is 2. The molecule has 1 aliphatic rings. The first-order valence-corrected chi connectivity index (χ1v) is 7.62. The second kappa shape index (κ2) is 6.57. The molecule has 0 fully saturated rings. The summed E-state index contributed by atoms with van der Waals surface area (Å²) in [6.45, 7) is 0. The maximum atomic E-state index is 13.1. The number of ether oxygens (including phenoxy) is 2. The van der Waals surface area contributed by atoms with Crippen molar-refractivity contribution in [1.29, 1.82) is 0 Å². The van der Waals surface area contributed by atoms with Crippen LogP contribution in [0, 0.1) is 5.82 Å². The third kappa shape index (κ3) is 2.85. The van der Waals surface area contributed by atoms with Gasteiger partial charge in [0.1, 0.15) is 22.3 Å². The van der Waals surface area contributed by atoms with Gasteiger partial charge in [0.2, 0.25) is 0 Å². The van der Waals surface area contributed by atoms with Crippen molar-refractivity contribution in [2.75, 3.05) is 19.1 Å². The lowest BCUT2D eigenvalue weighted by Gasteiger charge is -2.18. The van der Waals surface area contributed by atoms with Gasteiger partial charge in [-0.05, 0) is 29.8 Å². The summed E-state index contributed by atoms with van der Waals surface area (Å²) in [6.07, 6.45) is 0. The molecule has 0 radical (unpaired) electrons. The fourth-order valence-electron chi connectivity index (χ4n) is 2.56. The fourth-order valence-corrected chi connectivity index (χ4v) is 2.83. The zero-order valence-corrected chi connectivity index (χ0v) is 14.1. The third-order valence-electron chi connectivity index (χ3n) is 3.79. The van der Waals surface area contributed by atoms with Crippen LogP contribution in [0.2, 0.25) is 0 Å². The van der Waals surface area contributed by atoms with Crippen LogP contribution < -0.4 is 14.4 Å². The van der Waals surface area contributed by atoms with E-state index in [4.69, 9.17) is 21.1 Å². The summed E-state index contributed by atoms with van der Waals surface area (Å²) < 4.78 is 23.5. The molecule has 0 spiro atoms. The Morgan fingerprint density at radius 1 is 0.960 bits per heavy atom. The summed E-state index contributed by atoms with van der Waals surface area (Å²) in [7, 11) is 2.91. The molecule has 0 aliphatic carbocycles. The number of carbonyl (C=O) groups excluding carboxylic acids is 2. The maximum absolute atomic E-state index is 13.1. The Bertz CT molecular complexity index is 892. The average Bonchev–Trinajstić information content (AvgIpc) is 2.84. The van der Waals surface area contributed by atoms with Gasteiger partial charge in [-0.2, -0.15) is 0 Å². The number of amides is 2. The molecule has 7 heteroatoms. The van der Waals surface area contributed by atoms with Crippen LogP contribution in [0.1, 0.15) is 5.56 Å². The molecular weight excluding hydrogens is 349 g/mol. The van der Waals surface area contributed by atoms with Crippen molar-refractivity contribution in [2.45, 2.75) is 0 Å². The van der Waals surface area contributed by atoms with Gasteiger partial charge in [0, 0.05) is 6.07 Å². The molecule has 0 unspecified atom stereocenters. The minimum Gasteiger partial charge on any atom is -0.497 e. The first-order chi connectivity index (χ1) is 12.0. The zero-order valence-electron chi connectivity index (χ0n) is 13.4. The SMILES string of the molecule is COc1ccc(N2C(=O)C(Cl)=C(c3ccc(F)cc3)C2=O)c(OC)c1. The zero-order chi connectivity index (χ0) is 18.1. The molecule has 0 bridgehead atoms. The molecule has 25 heavy (non-hydrogen) atoms. The second-order valence-corrected chi connectivity index (χ2v) is 5.56. The summed E-state index contributed by atoms with van der Waals surface area (Å²) in [4.78, 5) is 26.3. The van der Waals surface area contributed by atoms with Gasteiger partial charge in [-0.15, -0.1) is 0 Å². The standard InChI is InChI=1S/C18H13ClFNO4/c1-24-12-7-8-13(14(9-12)25-2)21-17(22)15(16(19)18(21)23)10-3-5-11(20)6-4-10/h3-9H,1-2H3. The van der Waals surface area contributed by atoms with E-state index in [1.54, 1.807) is 12.1 Å². The molecule has 0 N–H and O–H groups in total. The number of rotatable bonds is 4. The smallest absolute Gasteiger partial charge is 0.277 e. The molecule has 5 nitrogen and oxygen atoms in total. The van der Waals surface area contributed by atoms with Crippen molar-refractivity contribution >= 4 is 34.7 Å². The molecule has 3 rings (SSSR count). The number of carbonyl (C=O) groups is 2. The van der Waals surface area contributed by atoms with E-state index in [0.717, 1.165) is 4.90 Å². The maximum Gasteiger partial charge on any atom is 0.277 e. The Labute approximate surface area is 148 Å². The monoisotopic (exact) mass is 361 g/mol. The highest BCUT2D eigenvalue weighted by Crippen LogP contribution is 2.40. The molecule has 2 aromatic rings. The van der Waals surface area contributed by atoms with Crippen LogP contribution in [0.15, 0.2) is 47.5 Å². The lowest BCUT2D eigenvalue weighted by atomic mass is 10.1. The van der Waals surface area contributed by atoms with Gasteiger partial charge in [0.15, 0.2) is 0 Å². The van der Waals surface area contributed by atoms with E-state index < -0.39 is 17.6 Å². The van der Waals surface area contributed by atoms with Crippen LogP contribution in [0.3, 0.4) is 0 Å². The highest BCUT2D eigenvalue weighted by Gasteiger charge is 2.40. The minimum absolute atomic E-state index is 0.0181. The van der Waals surface area contributed by atoms with Crippen LogP contribution >= 0.6 is 11.6 Å². The molecule has 2 amide bonds. The summed E-state index contributed by atoms with van der Waals surface area (Å²) in [5.41, 5.74) is 0.623. The minimum atomic E-state index is -0.672. The highest BCUT2D eigenvalue weighted by molar-refractivity contribution is 6.60. The van der Waals surface area contributed by atoms with Gasteiger partial charge in [-0.25, -0.2) is 9.29 Å². The number of benzene rings is 2. The Morgan fingerprint density at radius 3 is 2.24 bits per heavy atom. The summed E-state index contributed by atoms with van der Waals surface area (Å²) >= 11 is 6.10. The number of hydrogen-bond donors (Lipinski definition) is 0. The van der Waals surface area contributed by atoms with Crippen molar-refractivity contribution in [1.82, 2.24) is 0 Å². The molecule has 2 aromatic carbocycles. The Morgan fingerprint density at radius 2 is 1.64 bits per heavy atom. The van der Waals surface area contributed by atoms with Crippen LogP contribution in [0.4, 0.5) is 10.1 Å². The summed E-state index contributed by atoms with van der Waals surface area (Å²) in [5.74, 6) is -0.936. The number of hydrogen-bond acceptors (Lipinski definition) is 4. The molecule has 1 aliphatic heterocycles. The van der Waals surface area contributed by atoms with Crippen LogP contribution in [-0.2, 0) is 9.59 Å². The number of nitrogens with zero attached hydrogens (tertiary/aromatic N) is 1. The van der Waals surface area contributed by atoms with Gasteiger partial charge in [0.25, 0.3) is 11.8 Å². The molecule has 0 saturated carbocycles. The van der Waals surface area contributed by atoms with E-state index >= 15 is 0 Å². The van der Waals surface area contributed by atoms with Crippen molar-refractivity contribution in [2.24, 2.45) is 0 Å². The molecule has 0 atom stereocenters. The van der Waals surface area contributed by atoms with E-state index in [9.17, 15) is 14.0 Å². The predicted molar refractivity (Wildman–Crippen MR) is 91.2 cm³/mol. The Hall–Kier alpha value is -2.86. The average molecular weight is 362 g/mol. The number of halogens is 2. The largest absolute Gasteiger partial charge is 0.497 e. The van der Waals surface area contributed by atoms with Gasteiger partial charge >= 0.3 is 0 Å². The second-order valence-electron chi connectivity index (χ2n) is 5.18. The topological polar surface area (TPSA) is 55.8 Å². The lowest BCUT2D eigenvalue weighted by molar-refractivity contribution is -0.119. The molecule has 0 saturated heterocycles. The van der Waals surface area contributed by atoms with E-state index in [-0.39, 0.29) is 22.0 Å². The van der Waals surface area contributed by atoms with E-state index in [1.165, 1.54) is 44.6 Å². The molecule has 0 aromatic heterocycles. The number of anilines is 1. The van der Waals surface area contributed by atoms with Gasteiger partial charge in [0.05, 0.1) is 25.5 Å². The van der Waals surface area contributed by atoms with Crippen LogP contribution in [0.5, 0.6) is 11.5 Å². The summed E-state index contributed by atoms with van der Waals surface area (Å²) in [6, 6.07) is 9.87. The first-order valence-electron chi connectivity index (χ1n) is 7.24. The molecule has 128 valence electrons. The van der Waals surface area contributed by atoms with Crippen molar-refractivity contribution in [3.05, 3.63) is 58.9 Å². The van der Waals surface area contributed by atoms with Crippen molar-refractivity contribution < 1.29 is 23.5 Å². The first kappa shape index (κ1) is 17.0. The third-order valence-corrected chi connectivity index (χ3v) is 4.14. The van der Waals surface area contributed by atoms with E-state index in [2.05, 4.69) is 0 Å². The van der Waals surface area contributed by atoms with Gasteiger partial charge in [-0.1, -0.05) is 23.7 Å².